The zero-order valence-corrected chi connectivity index (χ0v) is 14.6. The van der Waals surface area contributed by atoms with E-state index in [1.807, 2.05) is 37.7 Å². The van der Waals surface area contributed by atoms with Gasteiger partial charge in [0, 0.05) is 16.6 Å². The molecule has 0 spiro atoms. The van der Waals surface area contributed by atoms with Crippen molar-refractivity contribution in [2.24, 2.45) is 0 Å². The lowest BCUT2D eigenvalue weighted by molar-refractivity contribution is 0.887. The number of nitrogens with one attached hydrogen (secondary N) is 2. The lowest BCUT2D eigenvalue weighted by Gasteiger charge is -2.12. The number of rotatable bonds is 7. The monoisotopic (exact) mass is 336 g/mol. The second kappa shape index (κ2) is 8.25. The molecule has 0 bridgehead atoms. The predicted molar refractivity (Wildman–Crippen MR) is 96.5 cm³/mol. The predicted octanol–water partition coefficient (Wildman–Crippen LogP) is 5.20. The highest BCUT2D eigenvalue weighted by molar-refractivity contribution is 7.99. The van der Waals surface area contributed by atoms with E-state index in [1.54, 1.807) is 6.20 Å². The van der Waals surface area contributed by atoms with Gasteiger partial charge in [-0.1, -0.05) is 24.6 Å². The first-order chi connectivity index (χ1) is 10.6. The van der Waals surface area contributed by atoms with Crippen LogP contribution in [0.25, 0.3) is 0 Å². The van der Waals surface area contributed by atoms with Crippen LogP contribution < -0.4 is 10.6 Å². The van der Waals surface area contributed by atoms with Crippen molar-refractivity contribution >= 4 is 40.8 Å². The maximum absolute atomic E-state index is 6.11. The van der Waals surface area contributed by atoms with Gasteiger partial charge in [-0.3, -0.25) is 0 Å². The van der Waals surface area contributed by atoms with Crippen LogP contribution in [-0.2, 0) is 0 Å². The summed E-state index contributed by atoms with van der Waals surface area (Å²) in [7, 11) is 0. The van der Waals surface area contributed by atoms with Crippen LogP contribution in [0.5, 0.6) is 0 Å². The lowest BCUT2D eigenvalue weighted by Crippen LogP contribution is -2.12. The number of benzene rings is 1. The van der Waals surface area contributed by atoms with Crippen LogP contribution in [0.3, 0.4) is 0 Å². The maximum atomic E-state index is 6.11. The first kappa shape index (κ1) is 16.9. The molecule has 22 heavy (non-hydrogen) atoms. The highest BCUT2D eigenvalue weighted by atomic mass is 35.5. The molecule has 0 unspecified atom stereocenters. The molecule has 0 aliphatic carbocycles. The van der Waals surface area contributed by atoms with E-state index in [0.29, 0.717) is 16.8 Å². The summed E-state index contributed by atoms with van der Waals surface area (Å²) < 4.78 is 0. The van der Waals surface area contributed by atoms with Gasteiger partial charge in [0.2, 0.25) is 5.95 Å². The zero-order chi connectivity index (χ0) is 15.9. The molecule has 0 aliphatic rings. The van der Waals surface area contributed by atoms with Gasteiger partial charge in [0.15, 0.2) is 5.82 Å². The van der Waals surface area contributed by atoms with Crippen LogP contribution >= 0.6 is 23.4 Å². The van der Waals surface area contributed by atoms with Gasteiger partial charge in [0.1, 0.15) is 5.02 Å². The fraction of sp³-hybridized carbons (Fsp3) is 0.375. The minimum absolute atomic E-state index is 0.258. The standard InChI is InChI=1S/C16H21ClN4S/c1-4-8-22-13-7-5-6-12(9-13)20-16-18-10-14(17)15(21-16)19-11(2)3/h5-7,9-11H,4,8H2,1-3H3,(H2,18,19,20,21). The van der Waals surface area contributed by atoms with Gasteiger partial charge in [-0.2, -0.15) is 4.98 Å². The Balaban J connectivity index is 2.13. The number of halogens is 1. The molecule has 2 N–H and O–H groups in total. The summed E-state index contributed by atoms with van der Waals surface area (Å²) in [6.45, 7) is 6.26. The Morgan fingerprint density at radius 3 is 2.86 bits per heavy atom. The van der Waals surface area contributed by atoms with Gasteiger partial charge in [0.05, 0.1) is 6.20 Å². The fourth-order valence-electron chi connectivity index (χ4n) is 1.81. The molecule has 1 aromatic heterocycles. The fourth-order valence-corrected chi connectivity index (χ4v) is 2.79. The molecule has 0 atom stereocenters. The van der Waals surface area contributed by atoms with Crippen molar-refractivity contribution in [2.75, 3.05) is 16.4 Å². The Hall–Kier alpha value is -1.46. The molecule has 0 aliphatic heterocycles. The quantitative estimate of drug-likeness (QED) is 0.681. The average molecular weight is 337 g/mol. The highest BCUT2D eigenvalue weighted by Crippen LogP contribution is 2.25. The van der Waals surface area contributed by atoms with Crippen LogP contribution in [0, 0.1) is 0 Å². The molecule has 118 valence electrons. The van der Waals surface area contributed by atoms with Gasteiger partial charge in [-0.25, -0.2) is 4.98 Å². The highest BCUT2D eigenvalue weighted by Gasteiger charge is 2.07. The summed E-state index contributed by atoms with van der Waals surface area (Å²) in [5, 5.41) is 6.96. The smallest absolute Gasteiger partial charge is 0.229 e. The molecule has 6 heteroatoms. The van der Waals surface area contributed by atoms with E-state index in [1.165, 1.54) is 4.90 Å². The van der Waals surface area contributed by atoms with Crippen LogP contribution in [0.1, 0.15) is 27.2 Å². The summed E-state index contributed by atoms with van der Waals surface area (Å²) in [5.41, 5.74) is 0.971. The second-order valence-electron chi connectivity index (χ2n) is 5.19. The van der Waals surface area contributed by atoms with Crippen molar-refractivity contribution < 1.29 is 0 Å². The minimum atomic E-state index is 0.258. The number of aromatic nitrogens is 2. The van der Waals surface area contributed by atoms with E-state index in [-0.39, 0.29) is 6.04 Å². The molecule has 0 saturated carbocycles. The Morgan fingerprint density at radius 1 is 1.32 bits per heavy atom. The van der Waals surface area contributed by atoms with Crippen LogP contribution in [0.15, 0.2) is 35.4 Å². The molecule has 1 heterocycles. The topological polar surface area (TPSA) is 49.8 Å². The second-order valence-corrected chi connectivity index (χ2v) is 6.77. The van der Waals surface area contributed by atoms with Crippen molar-refractivity contribution in [3.8, 4) is 0 Å². The van der Waals surface area contributed by atoms with E-state index in [0.717, 1.165) is 17.9 Å². The van der Waals surface area contributed by atoms with Gasteiger partial charge < -0.3 is 10.6 Å². The van der Waals surface area contributed by atoms with Crippen LogP contribution in [0.2, 0.25) is 5.02 Å². The number of anilines is 3. The Labute approximate surface area is 141 Å². The largest absolute Gasteiger partial charge is 0.366 e. The normalized spacial score (nSPS) is 10.8. The van der Waals surface area contributed by atoms with Gasteiger partial charge in [0.25, 0.3) is 0 Å². The number of nitrogens with zero attached hydrogens (tertiary/aromatic N) is 2. The van der Waals surface area contributed by atoms with E-state index in [2.05, 4.69) is 39.7 Å². The molecule has 2 rings (SSSR count). The number of thioether (sulfide) groups is 1. The van der Waals surface area contributed by atoms with Crippen molar-refractivity contribution in [1.82, 2.24) is 9.97 Å². The third-order valence-electron chi connectivity index (χ3n) is 2.73. The lowest BCUT2D eigenvalue weighted by atomic mass is 10.3. The molecule has 0 fully saturated rings. The molecule has 2 aromatic rings. The van der Waals surface area contributed by atoms with E-state index < -0.39 is 0 Å². The summed E-state index contributed by atoms with van der Waals surface area (Å²) >= 11 is 7.95. The molecule has 1 aromatic carbocycles. The minimum Gasteiger partial charge on any atom is -0.366 e. The molecule has 0 saturated heterocycles. The molecule has 4 nitrogen and oxygen atoms in total. The maximum Gasteiger partial charge on any atom is 0.229 e. The van der Waals surface area contributed by atoms with Crippen molar-refractivity contribution in [2.45, 2.75) is 38.1 Å². The Kier molecular flexibility index (Phi) is 6.34. The SMILES string of the molecule is CCCSc1cccc(Nc2ncc(Cl)c(NC(C)C)n2)c1. The van der Waals surface area contributed by atoms with E-state index in [9.17, 15) is 0 Å². The first-order valence-corrected chi connectivity index (χ1v) is 8.73. The van der Waals surface area contributed by atoms with E-state index >= 15 is 0 Å². The zero-order valence-electron chi connectivity index (χ0n) is 13.1. The summed E-state index contributed by atoms with van der Waals surface area (Å²) in [4.78, 5) is 9.90. The Morgan fingerprint density at radius 2 is 2.14 bits per heavy atom. The van der Waals surface area contributed by atoms with Gasteiger partial charge >= 0.3 is 0 Å². The summed E-state index contributed by atoms with van der Waals surface area (Å²) in [5.74, 6) is 2.29. The molecule has 0 amide bonds. The number of hydrogen-bond acceptors (Lipinski definition) is 5. The molecular weight excluding hydrogens is 316 g/mol. The summed E-state index contributed by atoms with van der Waals surface area (Å²) in [6.07, 6.45) is 2.77. The third kappa shape index (κ3) is 5.07. The van der Waals surface area contributed by atoms with Gasteiger partial charge in [-0.05, 0) is 44.2 Å². The third-order valence-corrected chi connectivity index (χ3v) is 4.21. The first-order valence-electron chi connectivity index (χ1n) is 7.37. The molecule has 0 radical (unpaired) electrons. The van der Waals surface area contributed by atoms with Crippen LogP contribution in [-0.4, -0.2) is 21.8 Å². The van der Waals surface area contributed by atoms with Gasteiger partial charge in [-0.15, -0.1) is 11.8 Å². The van der Waals surface area contributed by atoms with Crippen LogP contribution in [0.4, 0.5) is 17.5 Å². The van der Waals surface area contributed by atoms with Crippen molar-refractivity contribution in [3.05, 3.63) is 35.5 Å². The average Bonchev–Trinajstić information content (AvgIpc) is 2.48. The Bertz CT molecular complexity index is 619. The number of hydrogen-bond donors (Lipinski definition) is 2. The molecular formula is C16H21ClN4S. The summed E-state index contributed by atoms with van der Waals surface area (Å²) in [6, 6.07) is 8.51. The van der Waals surface area contributed by atoms with E-state index in [4.69, 9.17) is 11.6 Å². The van der Waals surface area contributed by atoms with Crippen molar-refractivity contribution in [3.63, 3.8) is 0 Å². The van der Waals surface area contributed by atoms with Crippen molar-refractivity contribution in [1.29, 1.82) is 0 Å².